The largest absolute Gasteiger partial charge is 0.482 e. The molecule has 1 N–H and O–H groups in total. The summed E-state index contributed by atoms with van der Waals surface area (Å²) in [5.41, 5.74) is -2.52. The van der Waals surface area contributed by atoms with E-state index in [0.717, 1.165) is 43.9 Å². The minimum absolute atomic E-state index is 0.00695. The maximum absolute atomic E-state index is 13.1. The Bertz CT molecular complexity index is 758. The molecule has 1 aliphatic carbocycles. The lowest BCUT2D eigenvalue weighted by atomic mass is 10.1. The van der Waals surface area contributed by atoms with E-state index >= 15 is 0 Å². The number of nitriles is 1. The van der Waals surface area contributed by atoms with Gasteiger partial charge in [-0.1, -0.05) is 12.8 Å². The Morgan fingerprint density at radius 1 is 1.42 bits per heavy atom. The van der Waals surface area contributed by atoms with Gasteiger partial charge in [0, 0.05) is 12.8 Å². The van der Waals surface area contributed by atoms with Crippen LogP contribution < -0.4 is 10.1 Å². The molecule has 26 heavy (non-hydrogen) atoms. The molecule has 0 saturated heterocycles. The normalized spacial score (nSPS) is 17.0. The highest BCUT2D eigenvalue weighted by atomic mass is 19.4. The Morgan fingerprint density at radius 2 is 2.08 bits per heavy atom. The number of rotatable bonds is 5. The maximum atomic E-state index is 13.1. The summed E-state index contributed by atoms with van der Waals surface area (Å²) >= 11 is 0. The summed E-state index contributed by atoms with van der Waals surface area (Å²) in [4.78, 5) is 15.6. The van der Waals surface area contributed by atoms with Crippen LogP contribution in [0.15, 0.2) is 18.2 Å². The minimum Gasteiger partial charge on any atom is -0.482 e. The van der Waals surface area contributed by atoms with E-state index in [1.165, 1.54) is 6.92 Å². The van der Waals surface area contributed by atoms with Crippen LogP contribution in [0.5, 0.6) is 5.75 Å². The van der Waals surface area contributed by atoms with Crippen molar-refractivity contribution in [2.75, 3.05) is 6.61 Å². The number of hydrogen-bond donors (Lipinski definition) is 1. The zero-order valence-electron chi connectivity index (χ0n) is 14.2. The molecule has 0 radical (unpaired) electrons. The van der Waals surface area contributed by atoms with Crippen molar-refractivity contribution in [3.05, 3.63) is 40.7 Å². The molecule has 8 heteroatoms. The van der Waals surface area contributed by atoms with Crippen molar-refractivity contribution in [2.24, 2.45) is 5.92 Å². The van der Waals surface area contributed by atoms with E-state index in [1.807, 2.05) is 0 Å². The van der Waals surface area contributed by atoms with Crippen LogP contribution >= 0.6 is 0 Å². The molecule has 0 bridgehead atoms. The summed E-state index contributed by atoms with van der Waals surface area (Å²) in [6.07, 6.45) is -1.30. The molecule has 5 nitrogen and oxygen atoms in total. The van der Waals surface area contributed by atoms with E-state index in [1.54, 1.807) is 6.07 Å². The lowest BCUT2D eigenvalue weighted by molar-refractivity contribution is -0.139. The lowest BCUT2D eigenvalue weighted by Gasteiger charge is -2.22. The number of halogens is 3. The monoisotopic (exact) mass is 365 g/mol. The Labute approximate surface area is 149 Å². The summed E-state index contributed by atoms with van der Waals surface area (Å²) in [5.74, 6) is -1.00. The van der Waals surface area contributed by atoms with Gasteiger partial charge in [-0.05, 0) is 31.0 Å². The Hall–Kier alpha value is -2.74. The number of alkyl halides is 3. The van der Waals surface area contributed by atoms with Gasteiger partial charge in [0.15, 0.2) is 6.61 Å². The summed E-state index contributed by atoms with van der Waals surface area (Å²) < 4.78 is 44.5. The average Bonchev–Trinajstić information content (AvgIpc) is 3.13. The number of carbonyl (C=O) groups excluding carboxylic acids is 1. The van der Waals surface area contributed by atoms with Gasteiger partial charge < -0.3 is 4.74 Å². The van der Waals surface area contributed by atoms with Gasteiger partial charge in [-0.25, -0.2) is 6.57 Å². The van der Waals surface area contributed by atoms with E-state index in [4.69, 9.17) is 16.6 Å². The fourth-order valence-corrected chi connectivity index (χ4v) is 2.82. The van der Waals surface area contributed by atoms with Gasteiger partial charge in [0.1, 0.15) is 5.75 Å². The molecule has 1 aromatic carbocycles. The number of hydrogen-bond acceptors (Lipinski definition) is 3. The smallest absolute Gasteiger partial charge is 0.419 e. The molecule has 1 fully saturated rings. The van der Waals surface area contributed by atoms with Gasteiger partial charge in [-0.2, -0.15) is 18.4 Å². The molecule has 2 rings (SSSR count). The van der Waals surface area contributed by atoms with E-state index in [2.05, 4.69) is 10.2 Å². The Kier molecular flexibility index (Phi) is 5.76. The molecule has 0 heterocycles. The average molecular weight is 365 g/mol. The van der Waals surface area contributed by atoms with Gasteiger partial charge in [-0.15, -0.1) is 0 Å². The molecule has 1 unspecified atom stereocenters. The number of ether oxygens (including phenoxy) is 1. The van der Waals surface area contributed by atoms with Crippen molar-refractivity contribution in [1.82, 2.24) is 5.32 Å². The third-order valence-corrected chi connectivity index (χ3v) is 4.29. The third-order valence-electron chi connectivity index (χ3n) is 4.29. The van der Waals surface area contributed by atoms with Crippen LogP contribution in [0.3, 0.4) is 0 Å². The molecule has 0 spiro atoms. The van der Waals surface area contributed by atoms with Gasteiger partial charge in [0.25, 0.3) is 0 Å². The highest BCUT2D eigenvalue weighted by molar-refractivity contribution is 5.79. The molecular formula is C18H18F3N3O2. The van der Waals surface area contributed by atoms with E-state index < -0.39 is 29.8 Å². The van der Waals surface area contributed by atoms with Gasteiger partial charge in [0.2, 0.25) is 5.91 Å². The SMILES string of the molecule is [C-]#[N+]C(C)(COc1cc(C#N)ccc1C(F)(F)F)NC(=O)C1CCCC1. The van der Waals surface area contributed by atoms with Crippen molar-refractivity contribution in [3.63, 3.8) is 0 Å². The maximum Gasteiger partial charge on any atom is 0.419 e. The molecule has 138 valence electrons. The van der Waals surface area contributed by atoms with Gasteiger partial charge >= 0.3 is 11.8 Å². The van der Waals surface area contributed by atoms with Crippen molar-refractivity contribution in [3.8, 4) is 11.8 Å². The topological polar surface area (TPSA) is 66.5 Å². The zero-order valence-corrected chi connectivity index (χ0v) is 14.2. The van der Waals surface area contributed by atoms with Crippen LogP contribution in [0.25, 0.3) is 4.85 Å². The Morgan fingerprint density at radius 3 is 2.62 bits per heavy atom. The van der Waals surface area contributed by atoms with Gasteiger partial charge in [0.05, 0.1) is 17.2 Å². The fourth-order valence-electron chi connectivity index (χ4n) is 2.82. The fraction of sp³-hybridized carbons (Fsp3) is 0.500. The molecule has 1 aromatic rings. The predicted molar refractivity (Wildman–Crippen MR) is 86.8 cm³/mol. The minimum atomic E-state index is -4.66. The van der Waals surface area contributed by atoms with Crippen molar-refractivity contribution >= 4 is 5.91 Å². The number of benzene rings is 1. The summed E-state index contributed by atoms with van der Waals surface area (Å²) in [5, 5.41) is 11.5. The molecule has 1 aliphatic rings. The van der Waals surface area contributed by atoms with Crippen LogP contribution in [-0.4, -0.2) is 18.2 Å². The highest BCUT2D eigenvalue weighted by Crippen LogP contribution is 2.37. The number of amides is 1. The second kappa shape index (κ2) is 7.65. The molecular weight excluding hydrogens is 347 g/mol. The van der Waals surface area contributed by atoms with Crippen molar-refractivity contribution < 1.29 is 22.7 Å². The zero-order chi connectivity index (χ0) is 19.4. The third kappa shape index (κ3) is 4.66. The van der Waals surface area contributed by atoms with E-state index in [-0.39, 0.29) is 17.4 Å². The second-order valence-corrected chi connectivity index (χ2v) is 6.47. The van der Waals surface area contributed by atoms with Crippen LogP contribution in [0.1, 0.15) is 43.7 Å². The van der Waals surface area contributed by atoms with Crippen LogP contribution in [0.2, 0.25) is 0 Å². The quantitative estimate of drug-likeness (QED) is 0.805. The summed E-state index contributed by atoms with van der Waals surface area (Å²) in [6.45, 7) is 8.23. The second-order valence-electron chi connectivity index (χ2n) is 6.47. The lowest BCUT2D eigenvalue weighted by Crippen LogP contribution is -2.49. The van der Waals surface area contributed by atoms with E-state index in [9.17, 15) is 18.0 Å². The summed E-state index contributed by atoms with van der Waals surface area (Å²) in [7, 11) is 0. The van der Waals surface area contributed by atoms with Crippen LogP contribution in [0.4, 0.5) is 13.2 Å². The molecule has 1 amide bonds. The summed E-state index contributed by atoms with van der Waals surface area (Å²) in [6, 6.07) is 4.54. The first kappa shape index (κ1) is 19.6. The van der Waals surface area contributed by atoms with Gasteiger partial charge in [-0.3, -0.25) is 15.0 Å². The Balaban J connectivity index is 2.15. The van der Waals surface area contributed by atoms with Crippen molar-refractivity contribution in [1.29, 1.82) is 5.26 Å². The number of carbonyl (C=O) groups is 1. The molecule has 0 aromatic heterocycles. The first-order chi connectivity index (χ1) is 12.2. The first-order valence-electron chi connectivity index (χ1n) is 8.13. The highest BCUT2D eigenvalue weighted by Gasteiger charge is 2.39. The van der Waals surface area contributed by atoms with E-state index in [0.29, 0.717) is 0 Å². The van der Waals surface area contributed by atoms with Crippen LogP contribution in [0, 0.1) is 23.8 Å². The van der Waals surface area contributed by atoms with Crippen LogP contribution in [-0.2, 0) is 11.0 Å². The first-order valence-corrected chi connectivity index (χ1v) is 8.13. The predicted octanol–water partition coefficient (Wildman–Crippen LogP) is 3.90. The molecule has 0 aliphatic heterocycles. The molecule has 1 atom stereocenters. The van der Waals surface area contributed by atoms with Crippen molar-refractivity contribution in [2.45, 2.75) is 44.4 Å². The number of nitrogens with one attached hydrogen (secondary N) is 1. The standard InChI is InChI=1S/C18H18F3N3O2/c1-17(23-2,24-16(25)13-5-3-4-6-13)11-26-15-9-12(10-22)7-8-14(15)18(19,20)21/h7-9,13H,3-6,11H2,1H3,(H,24,25). The molecule has 1 saturated carbocycles. The number of nitrogens with zero attached hydrogens (tertiary/aromatic N) is 2.